The van der Waals surface area contributed by atoms with Crippen LogP contribution in [0.1, 0.15) is 46.5 Å². The van der Waals surface area contributed by atoms with Crippen LogP contribution >= 0.6 is 0 Å². The monoisotopic (exact) mass is 439 g/mol. The highest BCUT2D eigenvalue weighted by atomic mass is 16.6. The molecule has 9 nitrogen and oxygen atoms in total. The van der Waals surface area contributed by atoms with Gasteiger partial charge >= 0.3 is 11.8 Å². The zero-order valence-corrected chi connectivity index (χ0v) is 18.7. The van der Waals surface area contributed by atoms with Gasteiger partial charge in [0, 0.05) is 11.9 Å². The number of carbonyl (C=O) groups excluding carboxylic acids is 1. The minimum absolute atomic E-state index is 0.0886. The molecule has 0 bridgehead atoms. The molecule has 4 rings (SSSR count). The molecule has 2 aromatic heterocycles. The van der Waals surface area contributed by atoms with Crippen LogP contribution in [0.15, 0.2) is 35.1 Å². The van der Waals surface area contributed by atoms with Crippen molar-refractivity contribution in [3.8, 4) is 17.4 Å². The van der Waals surface area contributed by atoms with E-state index in [2.05, 4.69) is 27.1 Å². The van der Waals surface area contributed by atoms with Crippen LogP contribution in [-0.2, 0) is 4.74 Å². The Hall–Kier alpha value is -3.36. The Labute approximate surface area is 186 Å². The lowest BCUT2D eigenvalue weighted by molar-refractivity contribution is 0.00297. The van der Waals surface area contributed by atoms with Crippen LogP contribution in [0.5, 0.6) is 5.88 Å². The first-order valence-corrected chi connectivity index (χ1v) is 11.0. The van der Waals surface area contributed by atoms with E-state index >= 15 is 0 Å². The number of aromatic nitrogens is 4. The van der Waals surface area contributed by atoms with E-state index in [1.54, 1.807) is 4.90 Å². The standard InChI is InChI=1S/C23H29N5O4/c1-4-11-23(2,3)32-22(30)28-12-7-9-16(28)14-31-20-17-10-6-5-8-15(17)13-18(24-20)19-25-21(29)27-26-19/h5-6,8,10,13,16H,4,7,9,11-12,14H2,1-3H3,(H2,25,26,27,29)/t16-/m0/s1. The third-order valence-corrected chi connectivity index (χ3v) is 5.69. The van der Waals surface area contributed by atoms with Gasteiger partial charge < -0.3 is 14.4 Å². The predicted molar refractivity (Wildman–Crippen MR) is 121 cm³/mol. The average molecular weight is 440 g/mol. The van der Waals surface area contributed by atoms with Crippen molar-refractivity contribution in [1.82, 2.24) is 25.1 Å². The van der Waals surface area contributed by atoms with Gasteiger partial charge in [0.25, 0.3) is 0 Å². The van der Waals surface area contributed by atoms with Crippen LogP contribution in [0.2, 0.25) is 0 Å². The quantitative estimate of drug-likeness (QED) is 0.578. The molecule has 1 amide bonds. The second-order valence-electron chi connectivity index (χ2n) is 8.74. The molecule has 1 aromatic carbocycles. The number of likely N-dealkylation sites (tertiary alicyclic amines) is 1. The number of pyridine rings is 1. The van der Waals surface area contributed by atoms with Crippen LogP contribution < -0.4 is 10.4 Å². The van der Waals surface area contributed by atoms with Crippen molar-refractivity contribution < 1.29 is 14.3 Å². The number of carbonyl (C=O) groups is 1. The summed E-state index contributed by atoms with van der Waals surface area (Å²) in [5.74, 6) is 0.781. The maximum Gasteiger partial charge on any atom is 0.410 e. The zero-order chi connectivity index (χ0) is 22.7. The third kappa shape index (κ3) is 4.76. The van der Waals surface area contributed by atoms with E-state index in [9.17, 15) is 9.59 Å². The number of hydrogen-bond donors (Lipinski definition) is 2. The van der Waals surface area contributed by atoms with Gasteiger partial charge in [0.1, 0.15) is 17.9 Å². The lowest BCUT2D eigenvalue weighted by Crippen LogP contribution is -2.43. The number of benzene rings is 1. The number of amides is 1. The summed E-state index contributed by atoms with van der Waals surface area (Å²) in [6, 6.07) is 9.49. The smallest absolute Gasteiger partial charge is 0.410 e. The summed E-state index contributed by atoms with van der Waals surface area (Å²) in [5.41, 5.74) is -0.392. The van der Waals surface area contributed by atoms with Crippen molar-refractivity contribution in [1.29, 1.82) is 0 Å². The summed E-state index contributed by atoms with van der Waals surface area (Å²) in [6.45, 7) is 6.92. The number of nitrogens with zero attached hydrogens (tertiary/aromatic N) is 3. The molecule has 0 unspecified atom stereocenters. The molecule has 170 valence electrons. The van der Waals surface area contributed by atoms with Gasteiger partial charge in [-0.3, -0.25) is 4.98 Å². The average Bonchev–Trinajstić information content (AvgIpc) is 3.40. The molecule has 1 fully saturated rings. The third-order valence-electron chi connectivity index (χ3n) is 5.69. The maximum absolute atomic E-state index is 12.8. The van der Waals surface area contributed by atoms with Crippen molar-refractivity contribution >= 4 is 16.9 Å². The Kier molecular flexibility index (Phi) is 6.16. The fourth-order valence-corrected chi connectivity index (χ4v) is 4.16. The molecular weight excluding hydrogens is 410 g/mol. The van der Waals surface area contributed by atoms with E-state index < -0.39 is 11.3 Å². The molecule has 1 saturated heterocycles. The van der Waals surface area contributed by atoms with Crippen LogP contribution in [0, 0.1) is 0 Å². The molecule has 3 aromatic rings. The highest BCUT2D eigenvalue weighted by Crippen LogP contribution is 2.29. The lowest BCUT2D eigenvalue weighted by atomic mass is 10.0. The Morgan fingerprint density at radius 2 is 2.12 bits per heavy atom. The molecular formula is C23H29N5O4. The van der Waals surface area contributed by atoms with Gasteiger partial charge in [-0.05, 0) is 50.6 Å². The summed E-state index contributed by atoms with van der Waals surface area (Å²) < 4.78 is 11.9. The SMILES string of the molecule is CCCC(C)(C)OC(=O)N1CCC[C@H]1COc1nc(-c2n[nH]c(=O)[nH]2)cc2ccccc12. The number of nitrogens with one attached hydrogen (secondary N) is 2. The van der Waals surface area contributed by atoms with E-state index in [0.717, 1.165) is 36.5 Å². The van der Waals surface area contributed by atoms with Crippen molar-refractivity contribution in [3.05, 3.63) is 40.8 Å². The number of H-pyrrole nitrogens is 2. The topological polar surface area (TPSA) is 113 Å². The largest absolute Gasteiger partial charge is 0.475 e. The molecule has 32 heavy (non-hydrogen) atoms. The molecule has 0 aliphatic carbocycles. The molecule has 0 spiro atoms. The maximum atomic E-state index is 12.8. The Morgan fingerprint density at radius 3 is 2.88 bits per heavy atom. The van der Waals surface area contributed by atoms with E-state index in [0.29, 0.717) is 30.5 Å². The van der Waals surface area contributed by atoms with Gasteiger partial charge in [-0.15, -0.1) is 0 Å². The molecule has 1 aliphatic heterocycles. The number of rotatable bonds is 7. The van der Waals surface area contributed by atoms with E-state index in [-0.39, 0.29) is 12.1 Å². The second kappa shape index (κ2) is 9.02. The van der Waals surface area contributed by atoms with Gasteiger partial charge in [0.15, 0.2) is 5.82 Å². The Morgan fingerprint density at radius 1 is 1.31 bits per heavy atom. The van der Waals surface area contributed by atoms with Gasteiger partial charge in [-0.25, -0.2) is 19.7 Å². The first-order chi connectivity index (χ1) is 15.4. The zero-order valence-electron chi connectivity index (χ0n) is 18.7. The Bertz CT molecular complexity index is 1150. The second-order valence-corrected chi connectivity index (χ2v) is 8.74. The van der Waals surface area contributed by atoms with Crippen molar-refractivity contribution in [2.75, 3.05) is 13.2 Å². The number of hydrogen-bond acceptors (Lipinski definition) is 6. The molecule has 3 heterocycles. The summed E-state index contributed by atoms with van der Waals surface area (Å²) >= 11 is 0. The fourth-order valence-electron chi connectivity index (χ4n) is 4.16. The van der Waals surface area contributed by atoms with Crippen molar-refractivity contribution in [2.45, 2.75) is 58.1 Å². The van der Waals surface area contributed by atoms with Gasteiger partial charge in [0.2, 0.25) is 5.88 Å². The van der Waals surface area contributed by atoms with E-state index in [1.165, 1.54) is 0 Å². The normalized spacial score (nSPS) is 16.5. The van der Waals surface area contributed by atoms with Crippen LogP contribution in [-0.4, -0.2) is 56.0 Å². The Balaban J connectivity index is 1.53. The van der Waals surface area contributed by atoms with Crippen molar-refractivity contribution in [3.63, 3.8) is 0 Å². The molecule has 2 N–H and O–H groups in total. The molecule has 1 aliphatic rings. The number of ether oxygens (including phenoxy) is 2. The predicted octanol–water partition coefficient (Wildman–Crippen LogP) is 3.87. The van der Waals surface area contributed by atoms with E-state index in [4.69, 9.17) is 9.47 Å². The summed E-state index contributed by atoms with van der Waals surface area (Å²) in [5, 5.41) is 8.10. The first-order valence-electron chi connectivity index (χ1n) is 11.0. The van der Waals surface area contributed by atoms with Gasteiger partial charge in [-0.2, -0.15) is 5.10 Å². The lowest BCUT2D eigenvalue weighted by Gasteiger charge is -2.30. The first kappa shape index (κ1) is 21.9. The van der Waals surface area contributed by atoms with Crippen LogP contribution in [0.3, 0.4) is 0 Å². The van der Waals surface area contributed by atoms with Crippen LogP contribution in [0.4, 0.5) is 4.79 Å². The summed E-state index contributed by atoms with van der Waals surface area (Å²) in [6.07, 6.45) is 3.21. The minimum Gasteiger partial charge on any atom is -0.475 e. The molecule has 0 saturated carbocycles. The minimum atomic E-state index is -0.494. The molecule has 0 radical (unpaired) electrons. The molecule has 9 heteroatoms. The summed E-state index contributed by atoms with van der Waals surface area (Å²) in [4.78, 5) is 33.2. The van der Waals surface area contributed by atoms with Gasteiger partial charge in [0.05, 0.1) is 6.04 Å². The van der Waals surface area contributed by atoms with E-state index in [1.807, 2.05) is 44.2 Å². The summed E-state index contributed by atoms with van der Waals surface area (Å²) in [7, 11) is 0. The fraction of sp³-hybridized carbons (Fsp3) is 0.478. The number of fused-ring (bicyclic) bond motifs is 1. The molecule has 1 atom stereocenters. The highest BCUT2D eigenvalue weighted by molar-refractivity contribution is 5.89. The van der Waals surface area contributed by atoms with Crippen molar-refractivity contribution in [2.24, 2.45) is 0 Å². The number of aromatic amines is 2. The highest BCUT2D eigenvalue weighted by Gasteiger charge is 2.34. The van der Waals surface area contributed by atoms with Crippen LogP contribution in [0.25, 0.3) is 22.3 Å². The van der Waals surface area contributed by atoms with Gasteiger partial charge in [-0.1, -0.05) is 31.5 Å².